The van der Waals surface area contributed by atoms with Gasteiger partial charge >= 0.3 is 6.18 Å². The van der Waals surface area contributed by atoms with E-state index in [1.807, 2.05) is 0 Å². The normalized spacial score (nSPS) is 11.8. The van der Waals surface area contributed by atoms with Gasteiger partial charge in [0.2, 0.25) is 0 Å². The number of nitrogens with zero attached hydrogens (tertiary/aromatic N) is 3. The SMILES string of the molecule is Cc1nn(Cc2ccc(Cl)cc2)c(Cl)c1/C=C(\C#N)C(=O)Nc1ccccc1C(F)(F)F. The fourth-order valence-corrected chi connectivity index (χ4v) is 3.34. The van der Waals surface area contributed by atoms with Crippen LogP contribution in [0.4, 0.5) is 18.9 Å². The summed E-state index contributed by atoms with van der Waals surface area (Å²) in [6, 6.07) is 13.3. The van der Waals surface area contributed by atoms with Crippen molar-refractivity contribution in [2.24, 2.45) is 0 Å². The van der Waals surface area contributed by atoms with Crippen molar-refractivity contribution in [3.05, 3.63) is 86.7 Å². The van der Waals surface area contributed by atoms with Crippen LogP contribution < -0.4 is 5.32 Å². The van der Waals surface area contributed by atoms with E-state index in [1.165, 1.54) is 22.9 Å². The van der Waals surface area contributed by atoms with E-state index in [4.69, 9.17) is 23.2 Å². The summed E-state index contributed by atoms with van der Waals surface area (Å²) in [5.74, 6) is -0.995. The fourth-order valence-electron chi connectivity index (χ4n) is 2.92. The van der Waals surface area contributed by atoms with Gasteiger partial charge in [-0.25, -0.2) is 4.68 Å². The average Bonchev–Trinajstić information content (AvgIpc) is 3.00. The Hall–Kier alpha value is -3.28. The van der Waals surface area contributed by atoms with Gasteiger partial charge in [-0.3, -0.25) is 4.79 Å². The molecule has 0 atom stereocenters. The van der Waals surface area contributed by atoms with Crippen LogP contribution in [0.25, 0.3) is 6.08 Å². The number of carbonyl (C=O) groups is 1. The molecular weight excluding hydrogens is 464 g/mol. The maximum absolute atomic E-state index is 13.2. The number of halogens is 5. The Morgan fingerprint density at radius 2 is 1.84 bits per heavy atom. The van der Waals surface area contributed by atoms with Gasteiger partial charge in [0.1, 0.15) is 16.8 Å². The highest BCUT2D eigenvalue weighted by atomic mass is 35.5. The Balaban J connectivity index is 1.88. The highest BCUT2D eigenvalue weighted by molar-refractivity contribution is 6.31. The van der Waals surface area contributed by atoms with E-state index in [2.05, 4.69) is 10.4 Å². The smallest absolute Gasteiger partial charge is 0.321 e. The second-order valence-corrected chi connectivity index (χ2v) is 7.54. The molecule has 5 nitrogen and oxygen atoms in total. The predicted octanol–water partition coefficient (Wildman–Crippen LogP) is 6.11. The number of hydrogen-bond acceptors (Lipinski definition) is 3. The molecule has 1 heterocycles. The summed E-state index contributed by atoms with van der Waals surface area (Å²) in [4.78, 5) is 12.5. The van der Waals surface area contributed by atoms with Gasteiger partial charge in [-0.05, 0) is 42.8 Å². The molecule has 0 unspecified atom stereocenters. The number of nitriles is 1. The largest absolute Gasteiger partial charge is 0.418 e. The lowest BCUT2D eigenvalue weighted by Gasteiger charge is -2.13. The Morgan fingerprint density at radius 3 is 2.47 bits per heavy atom. The molecule has 32 heavy (non-hydrogen) atoms. The van der Waals surface area contributed by atoms with Crippen LogP contribution in [-0.2, 0) is 17.5 Å². The fraction of sp³-hybridized carbons (Fsp3) is 0.136. The summed E-state index contributed by atoms with van der Waals surface area (Å²) >= 11 is 12.3. The number of benzene rings is 2. The van der Waals surface area contributed by atoms with Gasteiger partial charge in [0, 0.05) is 10.6 Å². The van der Waals surface area contributed by atoms with Crippen LogP contribution >= 0.6 is 23.2 Å². The molecule has 3 rings (SSSR count). The predicted molar refractivity (Wildman–Crippen MR) is 116 cm³/mol. The minimum absolute atomic E-state index is 0.175. The monoisotopic (exact) mass is 478 g/mol. The molecule has 0 fully saturated rings. The standard InChI is InChI=1S/C22H15Cl2F3N4O/c1-13-17(20(24)31(30-13)12-14-6-8-16(23)9-7-14)10-15(11-28)21(32)29-19-5-3-2-4-18(19)22(25,26)27/h2-10H,12H2,1H3,(H,29,32)/b15-10+. The van der Waals surface area contributed by atoms with Gasteiger partial charge in [0.25, 0.3) is 5.91 Å². The van der Waals surface area contributed by atoms with Crippen LogP contribution in [0.15, 0.2) is 54.1 Å². The van der Waals surface area contributed by atoms with Crippen LogP contribution in [0.2, 0.25) is 10.2 Å². The quantitative estimate of drug-likeness (QED) is 0.355. The van der Waals surface area contributed by atoms with Gasteiger partial charge < -0.3 is 5.32 Å². The number of aromatic nitrogens is 2. The van der Waals surface area contributed by atoms with Crippen molar-refractivity contribution in [1.82, 2.24) is 9.78 Å². The van der Waals surface area contributed by atoms with E-state index in [9.17, 15) is 23.2 Å². The summed E-state index contributed by atoms with van der Waals surface area (Å²) in [6.45, 7) is 1.96. The van der Waals surface area contributed by atoms with Crippen molar-refractivity contribution in [3.8, 4) is 6.07 Å². The molecule has 0 saturated carbocycles. The van der Waals surface area contributed by atoms with E-state index in [0.717, 1.165) is 17.7 Å². The van der Waals surface area contributed by atoms with Crippen LogP contribution in [-0.4, -0.2) is 15.7 Å². The lowest BCUT2D eigenvalue weighted by Crippen LogP contribution is -2.17. The summed E-state index contributed by atoms with van der Waals surface area (Å²) in [5, 5.41) is 16.7. The first kappa shape index (κ1) is 23.4. The summed E-state index contributed by atoms with van der Waals surface area (Å²) in [6.07, 6.45) is -3.46. The molecule has 0 radical (unpaired) electrons. The minimum Gasteiger partial charge on any atom is -0.321 e. The van der Waals surface area contributed by atoms with Crippen LogP contribution in [0.1, 0.15) is 22.4 Å². The maximum atomic E-state index is 13.2. The summed E-state index contributed by atoms with van der Waals surface area (Å²) < 4.78 is 41.0. The highest BCUT2D eigenvalue weighted by Crippen LogP contribution is 2.34. The molecule has 0 saturated heterocycles. The first-order valence-electron chi connectivity index (χ1n) is 9.17. The summed E-state index contributed by atoms with van der Waals surface area (Å²) in [7, 11) is 0. The third-order valence-electron chi connectivity index (χ3n) is 4.49. The van der Waals surface area contributed by atoms with Crippen LogP contribution in [0.5, 0.6) is 0 Å². The number of nitrogens with one attached hydrogen (secondary N) is 1. The zero-order valence-corrected chi connectivity index (χ0v) is 18.1. The van der Waals surface area contributed by atoms with E-state index < -0.39 is 28.9 Å². The molecule has 0 aliphatic carbocycles. The van der Waals surface area contributed by atoms with Gasteiger partial charge in [-0.15, -0.1) is 0 Å². The van der Waals surface area contributed by atoms with E-state index in [1.54, 1.807) is 37.3 Å². The number of anilines is 1. The van der Waals surface area contributed by atoms with Crippen molar-refractivity contribution in [1.29, 1.82) is 5.26 Å². The Labute approximate surface area is 191 Å². The molecule has 0 spiro atoms. The number of alkyl halides is 3. The van der Waals surface area contributed by atoms with Crippen LogP contribution in [0.3, 0.4) is 0 Å². The van der Waals surface area contributed by atoms with E-state index in [0.29, 0.717) is 22.8 Å². The molecule has 0 aliphatic heterocycles. The third kappa shape index (κ3) is 5.31. The second kappa shape index (κ2) is 9.47. The van der Waals surface area contributed by atoms with Crippen molar-refractivity contribution in [3.63, 3.8) is 0 Å². The van der Waals surface area contributed by atoms with Gasteiger partial charge in [-0.2, -0.15) is 23.5 Å². The molecule has 0 aliphatic rings. The molecule has 3 aromatic rings. The third-order valence-corrected chi connectivity index (χ3v) is 5.14. The first-order valence-corrected chi connectivity index (χ1v) is 9.92. The first-order chi connectivity index (χ1) is 15.1. The maximum Gasteiger partial charge on any atom is 0.418 e. The topological polar surface area (TPSA) is 70.7 Å². The average molecular weight is 479 g/mol. The highest BCUT2D eigenvalue weighted by Gasteiger charge is 2.33. The van der Waals surface area contributed by atoms with Crippen LogP contribution in [0, 0.1) is 18.3 Å². The van der Waals surface area contributed by atoms with Crippen molar-refractivity contribution in [2.75, 3.05) is 5.32 Å². The van der Waals surface area contributed by atoms with Crippen molar-refractivity contribution >= 4 is 40.9 Å². The number of carbonyl (C=O) groups excluding carboxylic acids is 1. The van der Waals surface area contributed by atoms with Gasteiger partial charge in [0.05, 0.1) is 23.5 Å². The lowest BCUT2D eigenvalue weighted by molar-refractivity contribution is -0.137. The van der Waals surface area contributed by atoms with Crippen molar-refractivity contribution < 1.29 is 18.0 Å². The molecule has 164 valence electrons. The number of hydrogen-bond donors (Lipinski definition) is 1. The number of aryl methyl sites for hydroxylation is 1. The van der Waals surface area contributed by atoms with Gasteiger partial charge in [-0.1, -0.05) is 47.5 Å². The zero-order chi connectivity index (χ0) is 23.5. The molecular formula is C22H15Cl2F3N4O. The Kier molecular flexibility index (Phi) is 6.92. The number of rotatable bonds is 5. The lowest BCUT2D eigenvalue weighted by atomic mass is 10.1. The molecule has 10 heteroatoms. The second-order valence-electron chi connectivity index (χ2n) is 6.74. The minimum atomic E-state index is -4.66. The molecule has 1 N–H and O–H groups in total. The summed E-state index contributed by atoms with van der Waals surface area (Å²) in [5.41, 5.74) is -0.256. The van der Waals surface area contributed by atoms with E-state index in [-0.39, 0.29) is 5.15 Å². The van der Waals surface area contributed by atoms with Gasteiger partial charge in [0.15, 0.2) is 0 Å². The molecule has 0 bridgehead atoms. The Morgan fingerprint density at radius 1 is 1.19 bits per heavy atom. The number of para-hydroxylation sites is 1. The number of amides is 1. The van der Waals surface area contributed by atoms with E-state index >= 15 is 0 Å². The van der Waals surface area contributed by atoms with Crippen molar-refractivity contribution in [2.45, 2.75) is 19.6 Å². The Bertz CT molecular complexity index is 1230. The molecule has 2 aromatic carbocycles. The molecule has 1 amide bonds. The zero-order valence-electron chi connectivity index (χ0n) is 16.5. The molecule has 1 aromatic heterocycles.